The second-order valence-corrected chi connectivity index (χ2v) is 9.91. The van der Waals surface area contributed by atoms with Gasteiger partial charge < -0.3 is 9.47 Å². The van der Waals surface area contributed by atoms with Crippen LogP contribution in [0.5, 0.6) is 11.5 Å². The number of benzene rings is 2. The molecule has 0 radical (unpaired) electrons. The molecule has 6 nitrogen and oxygen atoms in total. The lowest BCUT2D eigenvalue weighted by atomic mass is 10.1. The van der Waals surface area contributed by atoms with E-state index >= 15 is 0 Å². The van der Waals surface area contributed by atoms with Crippen molar-refractivity contribution in [2.45, 2.75) is 53.1 Å². The van der Waals surface area contributed by atoms with E-state index in [0.29, 0.717) is 49.9 Å². The Morgan fingerprint density at radius 1 is 1.21 bits per heavy atom. The molecule has 0 unspecified atom stereocenters. The molecule has 1 aromatic heterocycles. The van der Waals surface area contributed by atoms with Gasteiger partial charge in [0.2, 0.25) is 0 Å². The molecule has 9 heteroatoms. The lowest BCUT2D eigenvalue weighted by Crippen LogP contribution is -2.23. The third-order valence-corrected chi connectivity index (χ3v) is 6.94. The zero-order valence-corrected chi connectivity index (χ0v) is 23.1. The minimum atomic E-state index is -0.236. The molecule has 33 heavy (non-hydrogen) atoms. The molecule has 0 aliphatic rings. The highest BCUT2D eigenvalue weighted by atomic mass is 79.9. The number of halogens is 3. The van der Waals surface area contributed by atoms with E-state index in [1.807, 2.05) is 39.8 Å². The number of hydrogen-bond donors (Lipinski definition) is 0. The van der Waals surface area contributed by atoms with E-state index < -0.39 is 0 Å². The molecule has 0 N–H and O–H groups in total. The molecule has 3 aromatic rings. The first-order chi connectivity index (χ1) is 15.7. The van der Waals surface area contributed by atoms with E-state index in [9.17, 15) is 4.79 Å². The van der Waals surface area contributed by atoms with Gasteiger partial charge in [0.05, 0.1) is 29.8 Å². The fourth-order valence-electron chi connectivity index (χ4n) is 3.21. The summed E-state index contributed by atoms with van der Waals surface area (Å²) in [6.45, 7) is 10.3. The maximum atomic E-state index is 13.3. The average Bonchev–Trinajstić information content (AvgIpc) is 2.78. The fraction of sp³-hybridized carbons (Fsp3) is 0.375. The molecule has 2 aromatic carbocycles. The van der Waals surface area contributed by atoms with Crippen LogP contribution in [0.1, 0.15) is 58.3 Å². The second kappa shape index (κ2) is 11.0. The summed E-state index contributed by atoms with van der Waals surface area (Å²) in [5.41, 5.74) is 1.05. The van der Waals surface area contributed by atoms with Crippen LogP contribution in [0.25, 0.3) is 10.9 Å². The average molecular weight is 600 g/mol. The van der Waals surface area contributed by atoms with Crippen molar-refractivity contribution in [1.82, 2.24) is 9.66 Å². The predicted octanol–water partition coefficient (Wildman–Crippen LogP) is 7.16. The Bertz CT molecular complexity index is 1260. The van der Waals surface area contributed by atoms with Crippen LogP contribution in [0.2, 0.25) is 5.02 Å². The zero-order valence-electron chi connectivity index (χ0n) is 19.2. The van der Waals surface area contributed by atoms with Gasteiger partial charge in [0, 0.05) is 20.4 Å². The van der Waals surface area contributed by atoms with Gasteiger partial charge in [-0.1, -0.05) is 41.4 Å². The van der Waals surface area contributed by atoms with Gasteiger partial charge in [-0.3, -0.25) is 4.79 Å². The molecule has 1 heterocycles. The molecule has 0 fully saturated rings. The molecule has 3 rings (SSSR count). The Morgan fingerprint density at radius 2 is 1.94 bits per heavy atom. The Labute approximate surface area is 215 Å². The summed E-state index contributed by atoms with van der Waals surface area (Å²) < 4.78 is 14.4. The van der Waals surface area contributed by atoms with E-state index in [2.05, 4.69) is 43.9 Å². The van der Waals surface area contributed by atoms with Gasteiger partial charge in [-0.15, -0.1) is 0 Å². The third-order valence-electron chi connectivity index (χ3n) is 5.01. The SMILES string of the molecule is CCOc1cc(C=Nn2c([C@@H](C)CC)nc3ccc(Br)cc3c2=O)c(Br)c(Cl)c1OC(C)C. The molecule has 176 valence electrons. The molecule has 0 saturated carbocycles. The summed E-state index contributed by atoms with van der Waals surface area (Å²) >= 11 is 13.6. The molecular weight excluding hydrogens is 574 g/mol. The van der Waals surface area contributed by atoms with Crippen molar-refractivity contribution < 1.29 is 9.47 Å². The largest absolute Gasteiger partial charge is 0.490 e. The van der Waals surface area contributed by atoms with Gasteiger partial charge in [0.25, 0.3) is 5.56 Å². The summed E-state index contributed by atoms with van der Waals surface area (Å²) in [6.07, 6.45) is 2.32. The van der Waals surface area contributed by atoms with E-state index in [4.69, 9.17) is 26.1 Å². The smallest absolute Gasteiger partial charge is 0.282 e. The summed E-state index contributed by atoms with van der Waals surface area (Å²) in [5, 5.41) is 5.40. The number of aromatic nitrogens is 2. The minimum Gasteiger partial charge on any atom is -0.490 e. The molecule has 1 atom stereocenters. The van der Waals surface area contributed by atoms with Gasteiger partial charge in [0.1, 0.15) is 10.8 Å². The maximum Gasteiger partial charge on any atom is 0.282 e. The van der Waals surface area contributed by atoms with Crippen LogP contribution in [0.3, 0.4) is 0 Å². The van der Waals surface area contributed by atoms with Crippen LogP contribution in [-0.2, 0) is 0 Å². The lowest BCUT2D eigenvalue weighted by molar-refractivity contribution is 0.224. The molecule has 0 amide bonds. The lowest BCUT2D eigenvalue weighted by Gasteiger charge is -2.18. The van der Waals surface area contributed by atoms with Crippen molar-refractivity contribution in [1.29, 1.82) is 0 Å². The monoisotopic (exact) mass is 597 g/mol. The van der Waals surface area contributed by atoms with Crippen molar-refractivity contribution in [3.05, 3.63) is 60.0 Å². The first kappa shape index (κ1) is 25.7. The van der Waals surface area contributed by atoms with Crippen LogP contribution < -0.4 is 15.0 Å². The Kier molecular flexibility index (Phi) is 8.59. The van der Waals surface area contributed by atoms with Crippen molar-refractivity contribution in [3.63, 3.8) is 0 Å². The highest BCUT2D eigenvalue weighted by molar-refractivity contribution is 9.10. The molecule has 0 spiro atoms. The highest BCUT2D eigenvalue weighted by Gasteiger charge is 2.19. The number of hydrogen-bond acceptors (Lipinski definition) is 5. The Morgan fingerprint density at radius 3 is 2.58 bits per heavy atom. The van der Waals surface area contributed by atoms with Crippen LogP contribution in [0.4, 0.5) is 0 Å². The third kappa shape index (κ3) is 5.61. The highest BCUT2D eigenvalue weighted by Crippen LogP contribution is 2.42. The topological polar surface area (TPSA) is 65.7 Å². The molecule has 0 bridgehead atoms. The number of ether oxygens (including phenoxy) is 2. The Hall–Kier alpha value is -1.90. The van der Waals surface area contributed by atoms with Crippen LogP contribution in [-0.4, -0.2) is 28.6 Å². The first-order valence-electron chi connectivity index (χ1n) is 10.8. The number of fused-ring (bicyclic) bond motifs is 1. The van der Waals surface area contributed by atoms with Gasteiger partial charge in [-0.2, -0.15) is 9.78 Å². The second-order valence-electron chi connectivity index (χ2n) is 7.82. The van der Waals surface area contributed by atoms with Gasteiger partial charge >= 0.3 is 0 Å². The summed E-state index contributed by atoms with van der Waals surface area (Å²) in [6, 6.07) is 7.26. The normalized spacial score (nSPS) is 12.6. The van der Waals surface area contributed by atoms with Crippen LogP contribution in [0, 0.1) is 0 Å². The predicted molar refractivity (Wildman–Crippen MR) is 141 cm³/mol. The van der Waals surface area contributed by atoms with Crippen molar-refractivity contribution in [2.75, 3.05) is 6.61 Å². The van der Waals surface area contributed by atoms with Crippen LogP contribution >= 0.6 is 43.5 Å². The van der Waals surface area contributed by atoms with Crippen molar-refractivity contribution in [3.8, 4) is 11.5 Å². The summed E-state index contributed by atoms with van der Waals surface area (Å²) in [5.74, 6) is 1.61. The van der Waals surface area contributed by atoms with Gasteiger partial charge in [-0.05, 0) is 67.4 Å². The van der Waals surface area contributed by atoms with Crippen molar-refractivity contribution in [2.24, 2.45) is 5.10 Å². The summed E-state index contributed by atoms with van der Waals surface area (Å²) in [4.78, 5) is 18.1. The standard InChI is InChI=1S/C24H26Br2ClN3O3/c1-6-14(5)23-29-18-9-8-16(25)11-17(18)24(31)30(23)28-12-15-10-19(32-7-2)22(33-13(3)4)21(27)20(15)26/h8-14H,6-7H2,1-5H3/t14-/m0/s1. The van der Waals surface area contributed by atoms with E-state index in [0.717, 1.165) is 10.9 Å². The summed E-state index contributed by atoms with van der Waals surface area (Å²) in [7, 11) is 0. The maximum absolute atomic E-state index is 13.3. The molecule has 0 aliphatic carbocycles. The molecular formula is C24H26Br2ClN3O3. The molecule has 0 saturated heterocycles. The van der Waals surface area contributed by atoms with Gasteiger partial charge in [0.15, 0.2) is 11.5 Å². The minimum absolute atomic E-state index is 0.0377. The zero-order chi connectivity index (χ0) is 24.3. The van der Waals surface area contributed by atoms with Crippen LogP contribution in [0.15, 0.2) is 43.1 Å². The Balaban J connectivity index is 2.19. The quantitative estimate of drug-likeness (QED) is 0.258. The van der Waals surface area contributed by atoms with E-state index in [1.165, 1.54) is 4.68 Å². The van der Waals surface area contributed by atoms with Gasteiger partial charge in [-0.25, -0.2) is 4.98 Å². The van der Waals surface area contributed by atoms with E-state index in [1.54, 1.807) is 18.3 Å². The fourth-order valence-corrected chi connectivity index (χ4v) is 4.21. The first-order valence-corrected chi connectivity index (χ1v) is 12.7. The van der Waals surface area contributed by atoms with Crippen molar-refractivity contribution >= 4 is 60.6 Å². The number of rotatable bonds is 8. The number of nitrogens with zero attached hydrogens (tertiary/aromatic N) is 3. The molecule has 0 aliphatic heterocycles. The van der Waals surface area contributed by atoms with E-state index in [-0.39, 0.29) is 17.6 Å².